The van der Waals surface area contributed by atoms with E-state index in [0.29, 0.717) is 5.56 Å². The number of esters is 1. The first-order valence-corrected chi connectivity index (χ1v) is 9.20. The summed E-state index contributed by atoms with van der Waals surface area (Å²) in [6, 6.07) is 1.77. The number of Topliss-reactive ketones (excluding diaryl/α,β-unsaturated/α-hetero) is 2. The molecule has 0 saturated heterocycles. The van der Waals surface area contributed by atoms with E-state index in [1.165, 1.54) is 25.4 Å². The van der Waals surface area contributed by atoms with Gasteiger partial charge in [-0.1, -0.05) is 0 Å². The molecule has 0 bridgehead atoms. The summed E-state index contributed by atoms with van der Waals surface area (Å²) < 4.78 is 6.57. The van der Waals surface area contributed by atoms with Crippen molar-refractivity contribution in [3.63, 3.8) is 0 Å². The lowest BCUT2D eigenvalue weighted by molar-refractivity contribution is -0.142. The van der Waals surface area contributed by atoms with E-state index in [9.17, 15) is 24.0 Å². The second-order valence-electron chi connectivity index (χ2n) is 6.30. The number of carbonyl (C=O) groups is 3. The Labute approximate surface area is 164 Å². The molecule has 0 spiro atoms. The van der Waals surface area contributed by atoms with Crippen LogP contribution in [0.3, 0.4) is 0 Å². The summed E-state index contributed by atoms with van der Waals surface area (Å²) in [6.45, 7) is 3.02. The van der Waals surface area contributed by atoms with Crippen LogP contribution in [0.4, 0.5) is 5.82 Å². The van der Waals surface area contributed by atoms with Gasteiger partial charge in [0.15, 0.2) is 12.4 Å². The van der Waals surface area contributed by atoms with Crippen LogP contribution in [0.25, 0.3) is 0 Å². The lowest BCUT2D eigenvalue weighted by Gasteiger charge is -2.11. The standard InChI is InChI=1S/C18H21N3O6S/c1-9-7-11(10(2)28-9)12(22)5-6-14(24)27-8-13(23)15-16(19)20(3)18(26)21(4)17(15)25/h7H,5-6,8,19H2,1-4H3. The Balaban J connectivity index is 1.99. The SMILES string of the molecule is Cc1cc(C(=O)CCC(=O)OCC(=O)c2c(N)n(C)c(=O)n(C)c2=O)c(C)s1. The number of aromatic nitrogens is 2. The van der Waals surface area contributed by atoms with Crippen LogP contribution in [0.5, 0.6) is 0 Å². The monoisotopic (exact) mass is 407 g/mol. The van der Waals surface area contributed by atoms with Gasteiger partial charge in [-0.2, -0.15) is 0 Å². The molecule has 150 valence electrons. The average molecular weight is 407 g/mol. The number of hydrogen-bond acceptors (Lipinski definition) is 8. The molecule has 9 nitrogen and oxygen atoms in total. The molecule has 0 aliphatic heterocycles. The molecule has 2 N–H and O–H groups in total. The first kappa shape index (κ1) is 21.3. The summed E-state index contributed by atoms with van der Waals surface area (Å²) in [7, 11) is 2.53. The number of aryl methyl sites for hydroxylation is 2. The van der Waals surface area contributed by atoms with E-state index >= 15 is 0 Å². The number of nitrogen functional groups attached to an aromatic ring is 1. The Kier molecular flexibility index (Phi) is 6.34. The van der Waals surface area contributed by atoms with Crippen molar-refractivity contribution in [3.05, 3.63) is 47.8 Å². The Morgan fingerprint density at radius 1 is 1.07 bits per heavy atom. The molecule has 10 heteroatoms. The lowest BCUT2D eigenvalue weighted by Crippen LogP contribution is -2.42. The highest BCUT2D eigenvalue weighted by atomic mass is 32.1. The van der Waals surface area contributed by atoms with E-state index in [1.807, 2.05) is 13.8 Å². The van der Waals surface area contributed by atoms with Gasteiger partial charge in [0.2, 0.25) is 5.78 Å². The molecule has 0 radical (unpaired) electrons. The molecule has 0 aliphatic carbocycles. The third kappa shape index (κ3) is 4.28. The molecule has 28 heavy (non-hydrogen) atoms. The van der Waals surface area contributed by atoms with Crippen LogP contribution in [0.15, 0.2) is 15.7 Å². The molecule has 0 aromatic carbocycles. The second-order valence-corrected chi connectivity index (χ2v) is 7.76. The minimum Gasteiger partial charge on any atom is -0.457 e. The number of hydrogen-bond donors (Lipinski definition) is 1. The maximum Gasteiger partial charge on any atom is 0.332 e. The van der Waals surface area contributed by atoms with Crippen molar-refractivity contribution in [2.45, 2.75) is 26.7 Å². The van der Waals surface area contributed by atoms with Crippen molar-refractivity contribution in [2.75, 3.05) is 12.3 Å². The van der Waals surface area contributed by atoms with Gasteiger partial charge in [-0.15, -0.1) is 11.3 Å². The van der Waals surface area contributed by atoms with E-state index < -0.39 is 35.2 Å². The number of anilines is 1. The van der Waals surface area contributed by atoms with Crippen molar-refractivity contribution < 1.29 is 19.1 Å². The van der Waals surface area contributed by atoms with Crippen LogP contribution < -0.4 is 17.0 Å². The van der Waals surface area contributed by atoms with Gasteiger partial charge in [-0.3, -0.25) is 28.3 Å². The summed E-state index contributed by atoms with van der Waals surface area (Å²) in [6.07, 6.45) is -0.241. The predicted molar refractivity (Wildman–Crippen MR) is 104 cm³/mol. The van der Waals surface area contributed by atoms with Crippen molar-refractivity contribution in [3.8, 4) is 0 Å². The zero-order valence-electron chi connectivity index (χ0n) is 16.0. The number of thiophene rings is 1. The Morgan fingerprint density at radius 2 is 1.71 bits per heavy atom. The molecular formula is C18H21N3O6S. The average Bonchev–Trinajstić information content (AvgIpc) is 2.99. The van der Waals surface area contributed by atoms with Crippen molar-refractivity contribution in [1.82, 2.24) is 9.13 Å². The van der Waals surface area contributed by atoms with Gasteiger partial charge in [0.05, 0.1) is 6.42 Å². The fourth-order valence-electron chi connectivity index (χ4n) is 2.67. The summed E-state index contributed by atoms with van der Waals surface area (Å²) in [5.41, 5.74) is 4.31. The van der Waals surface area contributed by atoms with E-state index in [1.54, 1.807) is 6.07 Å². The fourth-order valence-corrected chi connectivity index (χ4v) is 3.61. The Hall–Kier alpha value is -3.01. The normalized spacial score (nSPS) is 10.7. The second kappa shape index (κ2) is 8.34. The molecule has 2 aromatic rings. The van der Waals surface area contributed by atoms with Gasteiger partial charge in [-0.25, -0.2) is 4.79 Å². The Bertz CT molecular complexity index is 1080. The molecule has 2 rings (SSSR count). The van der Waals surface area contributed by atoms with E-state index in [0.717, 1.165) is 18.9 Å². The number of ketones is 2. The summed E-state index contributed by atoms with van der Waals surface area (Å²) in [4.78, 5) is 62.1. The number of nitrogens with zero attached hydrogens (tertiary/aromatic N) is 2. The maximum atomic E-state index is 12.3. The molecule has 0 aliphatic rings. The van der Waals surface area contributed by atoms with Crippen LogP contribution in [-0.4, -0.2) is 33.3 Å². The van der Waals surface area contributed by atoms with Crippen LogP contribution in [0, 0.1) is 13.8 Å². The summed E-state index contributed by atoms with van der Waals surface area (Å²) >= 11 is 1.50. The molecule has 0 amide bonds. The van der Waals surface area contributed by atoms with Gasteiger partial charge in [0.25, 0.3) is 5.56 Å². The third-order valence-corrected chi connectivity index (χ3v) is 5.22. The first-order valence-electron chi connectivity index (χ1n) is 8.39. The zero-order chi connectivity index (χ0) is 21.2. The van der Waals surface area contributed by atoms with Crippen LogP contribution in [0.2, 0.25) is 0 Å². The molecule has 0 atom stereocenters. The van der Waals surface area contributed by atoms with Gasteiger partial charge in [0, 0.05) is 35.8 Å². The minimum absolute atomic E-state index is 0.0478. The smallest absolute Gasteiger partial charge is 0.332 e. The summed E-state index contributed by atoms with van der Waals surface area (Å²) in [5, 5.41) is 0. The maximum absolute atomic E-state index is 12.3. The topological polar surface area (TPSA) is 130 Å². The molecular weight excluding hydrogens is 386 g/mol. The van der Waals surface area contributed by atoms with Gasteiger partial charge in [0.1, 0.15) is 11.4 Å². The van der Waals surface area contributed by atoms with Gasteiger partial charge >= 0.3 is 11.7 Å². The molecule has 0 unspecified atom stereocenters. The molecule has 2 heterocycles. The highest BCUT2D eigenvalue weighted by molar-refractivity contribution is 7.12. The fraction of sp³-hybridized carbons (Fsp3) is 0.389. The van der Waals surface area contributed by atoms with Crippen LogP contribution in [0.1, 0.15) is 43.3 Å². The van der Waals surface area contributed by atoms with Gasteiger partial charge < -0.3 is 10.5 Å². The quantitative estimate of drug-likeness (QED) is 0.529. The van der Waals surface area contributed by atoms with Crippen LogP contribution in [-0.2, 0) is 23.6 Å². The number of ether oxygens (including phenoxy) is 1. The van der Waals surface area contributed by atoms with Gasteiger partial charge in [-0.05, 0) is 19.9 Å². The van der Waals surface area contributed by atoms with E-state index in [-0.39, 0.29) is 24.4 Å². The highest BCUT2D eigenvalue weighted by Gasteiger charge is 2.22. The predicted octanol–water partition coefficient (Wildman–Crippen LogP) is 0.734. The molecule has 2 aromatic heterocycles. The number of nitrogens with two attached hydrogens (primary N) is 1. The van der Waals surface area contributed by atoms with Crippen molar-refractivity contribution >= 4 is 34.7 Å². The minimum atomic E-state index is -0.861. The number of rotatable bonds is 7. The Morgan fingerprint density at radius 3 is 2.29 bits per heavy atom. The first-order chi connectivity index (χ1) is 13.0. The molecule has 0 fully saturated rings. The highest BCUT2D eigenvalue weighted by Crippen LogP contribution is 2.22. The number of carbonyl (C=O) groups excluding carboxylic acids is 3. The lowest BCUT2D eigenvalue weighted by atomic mass is 10.1. The van der Waals surface area contributed by atoms with E-state index in [4.69, 9.17) is 10.5 Å². The zero-order valence-corrected chi connectivity index (χ0v) is 16.8. The molecule has 0 saturated carbocycles. The van der Waals surface area contributed by atoms with Crippen LogP contribution >= 0.6 is 11.3 Å². The third-order valence-electron chi connectivity index (χ3n) is 4.25. The van der Waals surface area contributed by atoms with Crippen molar-refractivity contribution in [1.29, 1.82) is 0 Å². The van der Waals surface area contributed by atoms with Crippen molar-refractivity contribution in [2.24, 2.45) is 14.1 Å². The largest absolute Gasteiger partial charge is 0.457 e. The summed E-state index contributed by atoms with van der Waals surface area (Å²) in [5.74, 6) is -2.04. The van der Waals surface area contributed by atoms with E-state index in [2.05, 4.69) is 0 Å².